The minimum atomic E-state index is -3.69. The van der Waals surface area contributed by atoms with E-state index in [0.29, 0.717) is 17.9 Å². The fourth-order valence-corrected chi connectivity index (χ4v) is 7.38. The summed E-state index contributed by atoms with van der Waals surface area (Å²) in [6, 6.07) is 24.7. The first-order valence-corrected chi connectivity index (χ1v) is 13.7. The summed E-state index contributed by atoms with van der Waals surface area (Å²) >= 11 is 1.23. The van der Waals surface area contributed by atoms with Crippen LogP contribution in [0.15, 0.2) is 83.2 Å². The summed E-state index contributed by atoms with van der Waals surface area (Å²) in [6.07, 6.45) is 1.48. The van der Waals surface area contributed by atoms with E-state index in [9.17, 15) is 13.2 Å². The molecule has 35 heavy (non-hydrogen) atoms. The molecule has 0 aliphatic heterocycles. The zero-order valence-electron chi connectivity index (χ0n) is 18.8. The molecule has 3 aromatic carbocycles. The van der Waals surface area contributed by atoms with Gasteiger partial charge in [-0.3, -0.25) is 0 Å². The maximum Gasteiger partial charge on any atom is 0.341 e. The van der Waals surface area contributed by atoms with E-state index in [0.717, 1.165) is 33.6 Å². The molecule has 4 aromatic rings. The van der Waals surface area contributed by atoms with Crippen LogP contribution in [0.3, 0.4) is 0 Å². The molecular weight excluding hydrogens is 482 g/mol. The number of ether oxygens (including phenoxy) is 1. The third kappa shape index (κ3) is 4.99. The molecule has 0 saturated carbocycles. The Morgan fingerprint density at radius 1 is 0.971 bits per heavy atom. The Bertz CT molecular complexity index is 1420. The SMILES string of the molecule is O=C(O)COc1ccc2c(c1)-c1nc(S(=O)(=O)CC(c3ccccc3)c3ccccc3)sc1CC2. The van der Waals surface area contributed by atoms with E-state index in [1.54, 1.807) is 12.1 Å². The Hall–Kier alpha value is -3.49. The number of sulfone groups is 1. The molecule has 1 N–H and O–H groups in total. The molecular formula is C27H23NO5S2. The summed E-state index contributed by atoms with van der Waals surface area (Å²) in [4.78, 5) is 16.4. The minimum absolute atomic E-state index is 0.0813. The number of aryl methyl sites for hydroxylation is 2. The van der Waals surface area contributed by atoms with Crippen LogP contribution in [0.25, 0.3) is 11.3 Å². The van der Waals surface area contributed by atoms with Crippen LogP contribution in [0.5, 0.6) is 5.75 Å². The van der Waals surface area contributed by atoms with E-state index >= 15 is 0 Å². The summed E-state index contributed by atoms with van der Waals surface area (Å²) in [5, 5.41) is 8.90. The second-order valence-corrected chi connectivity index (χ2v) is 11.7. The van der Waals surface area contributed by atoms with E-state index in [1.807, 2.05) is 66.7 Å². The highest BCUT2D eigenvalue weighted by atomic mass is 32.2. The molecule has 1 aromatic heterocycles. The molecule has 178 valence electrons. The lowest BCUT2D eigenvalue weighted by atomic mass is 9.93. The molecule has 0 unspecified atom stereocenters. The highest BCUT2D eigenvalue weighted by Crippen LogP contribution is 2.40. The molecule has 0 fully saturated rings. The van der Waals surface area contributed by atoms with Gasteiger partial charge in [-0.15, -0.1) is 11.3 Å². The first kappa shape index (κ1) is 23.3. The van der Waals surface area contributed by atoms with E-state index in [2.05, 4.69) is 4.98 Å². The number of aromatic nitrogens is 1. The van der Waals surface area contributed by atoms with Crippen molar-refractivity contribution in [3.63, 3.8) is 0 Å². The van der Waals surface area contributed by atoms with Crippen molar-refractivity contribution in [3.05, 3.63) is 100 Å². The second-order valence-electron chi connectivity index (χ2n) is 8.41. The van der Waals surface area contributed by atoms with Gasteiger partial charge >= 0.3 is 5.97 Å². The summed E-state index contributed by atoms with van der Waals surface area (Å²) in [7, 11) is -3.69. The van der Waals surface area contributed by atoms with E-state index in [4.69, 9.17) is 9.84 Å². The number of hydrogen-bond acceptors (Lipinski definition) is 6. The monoisotopic (exact) mass is 505 g/mol. The third-order valence-corrected chi connectivity index (χ3v) is 9.37. The van der Waals surface area contributed by atoms with Crippen LogP contribution in [0, 0.1) is 0 Å². The zero-order chi connectivity index (χ0) is 24.4. The van der Waals surface area contributed by atoms with E-state index in [1.165, 1.54) is 11.3 Å². The molecule has 1 aliphatic carbocycles. The van der Waals surface area contributed by atoms with Crippen LogP contribution >= 0.6 is 11.3 Å². The largest absolute Gasteiger partial charge is 0.482 e. The molecule has 5 rings (SSSR count). The van der Waals surface area contributed by atoms with Crippen molar-refractivity contribution in [1.29, 1.82) is 0 Å². The summed E-state index contributed by atoms with van der Waals surface area (Å²) < 4.78 is 32.7. The standard InChI is InChI=1S/C27H23NO5S2/c29-25(30)16-33-21-13-11-20-12-14-24-26(22(20)15-21)28-27(34-24)35(31,32)17-23(18-7-3-1-4-8-18)19-9-5-2-6-10-19/h1-11,13,15,23H,12,14,16-17H2,(H,29,30). The number of nitrogens with zero attached hydrogens (tertiary/aromatic N) is 1. The lowest BCUT2D eigenvalue weighted by Crippen LogP contribution is -2.16. The average Bonchev–Trinajstić information content (AvgIpc) is 3.33. The van der Waals surface area contributed by atoms with Crippen LogP contribution < -0.4 is 4.74 Å². The highest BCUT2D eigenvalue weighted by molar-refractivity contribution is 7.93. The normalized spacial score (nSPS) is 12.7. The van der Waals surface area contributed by atoms with E-state index < -0.39 is 22.4 Å². The molecule has 6 nitrogen and oxygen atoms in total. The number of benzene rings is 3. The number of thiazole rings is 1. The predicted octanol–water partition coefficient (Wildman–Crippen LogP) is 4.98. The van der Waals surface area contributed by atoms with Crippen molar-refractivity contribution in [2.45, 2.75) is 23.1 Å². The number of aliphatic carboxylic acids is 1. The quantitative estimate of drug-likeness (QED) is 0.363. The fraction of sp³-hybridized carbons (Fsp3) is 0.185. The van der Waals surface area contributed by atoms with Crippen molar-refractivity contribution in [1.82, 2.24) is 4.98 Å². The fourth-order valence-electron chi connectivity index (χ4n) is 4.37. The van der Waals surface area contributed by atoms with Crippen LogP contribution in [0.1, 0.15) is 27.5 Å². The number of carbonyl (C=O) groups is 1. The van der Waals surface area contributed by atoms with E-state index in [-0.39, 0.29) is 16.0 Å². The van der Waals surface area contributed by atoms with Gasteiger partial charge in [-0.25, -0.2) is 18.2 Å². The van der Waals surface area contributed by atoms with Gasteiger partial charge < -0.3 is 9.84 Å². The minimum Gasteiger partial charge on any atom is -0.482 e. The summed E-state index contributed by atoms with van der Waals surface area (Å²) in [6.45, 7) is -0.442. The van der Waals surface area contributed by atoms with Crippen LogP contribution in [-0.2, 0) is 27.5 Å². The Morgan fingerprint density at radius 2 is 1.63 bits per heavy atom. The van der Waals surface area contributed by atoms with Gasteiger partial charge in [0.15, 0.2) is 6.61 Å². The Balaban J connectivity index is 1.48. The van der Waals surface area contributed by atoms with Crippen LogP contribution in [0.4, 0.5) is 0 Å². The van der Waals surface area contributed by atoms with Crippen molar-refractivity contribution in [2.75, 3.05) is 12.4 Å². The lowest BCUT2D eigenvalue weighted by Gasteiger charge is -2.17. The van der Waals surface area contributed by atoms with Crippen LogP contribution in [-0.4, -0.2) is 36.8 Å². The van der Waals surface area contributed by atoms with Gasteiger partial charge in [0.1, 0.15) is 5.75 Å². The average molecular weight is 506 g/mol. The zero-order valence-corrected chi connectivity index (χ0v) is 20.4. The molecule has 1 aliphatic rings. The van der Waals surface area contributed by atoms with Crippen molar-refractivity contribution in [3.8, 4) is 17.0 Å². The van der Waals surface area contributed by atoms with Crippen LogP contribution in [0.2, 0.25) is 0 Å². The molecule has 0 amide bonds. The maximum absolute atomic E-state index is 13.6. The first-order valence-electron chi connectivity index (χ1n) is 11.2. The molecule has 0 radical (unpaired) electrons. The van der Waals surface area contributed by atoms with Crippen molar-refractivity contribution >= 4 is 27.1 Å². The second kappa shape index (κ2) is 9.64. The molecule has 0 bridgehead atoms. The number of fused-ring (bicyclic) bond motifs is 3. The number of rotatable bonds is 8. The van der Waals surface area contributed by atoms with Gasteiger partial charge in [0, 0.05) is 16.4 Å². The lowest BCUT2D eigenvalue weighted by molar-refractivity contribution is -0.139. The number of carboxylic acid groups (broad SMARTS) is 1. The highest BCUT2D eigenvalue weighted by Gasteiger charge is 2.30. The van der Waals surface area contributed by atoms with Gasteiger partial charge in [-0.1, -0.05) is 66.7 Å². The topological polar surface area (TPSA) is 93.6 Å². The third-order valence-electron chi connectivity index (χ3n) is 6.05. The number of carboxylic acids is 1. The van der Waals surface area contributed by atoms with Gasteiger partial charge in [-0.05, 0) is 41.7 Å². The van der Waals surface area contributed by atoms with Gasteiger partial charge in [-0.2, -0.15) is 0 Å². The molecule has 0 spiro atoms. The summed E-state index contributed by atoms with van der Waals surface area (Å²) in [5.74, 6) is -1.03. The van der Waals surface area contributed by atoms with Gasteiger partial charge in [0.05, 0.1) is 11.4 Å². The maximum atomic E-state index is 13.6. The Morgan fingerprint density at radius 3 is 2.26 bits per heavy atom. The summed E-state index contributed by atoms with van der Waals surface area (Å²) in [5.41, 5.74) is 4.37. The van der Waals surface area contributed by atoms with Crippen molar-refractivity contribution < 1.29 is 23.1 Å². The Labute approximate surface area is 207 Å². The predicted molar refractivity (Wildman–Crippen MR) is 135 cm³/mol. The van der Waals surface area contributed by atoms with Gasteiger partial charge in [0.2, 0.25) is 14.2 Å². The van der Waals surface area contributed by atoms with Gasteiger partial charge in [0.25, 0.3) is 0 Å². The molecule has 8 heteroatoms. The molecule has 1 heterocycles. The molecule has 0 saturated heterocycles. The molecule has 0 atom stereocenters. The van der Waals surface area contributed by atoms with Crippen molar-refractivity contribution in [2.24, 2.45) is 0 Å². The Kier molecular flexibility index (Phi) is 6.40. The number of hydrogen-bond donors (Lipinski definition) is 1. The first-order chi connectivity index (χ1) is 16.9. The smallest absolute Gasteiger partial charge is 0.341 e.